The molecular formula is C26H34N2O6S. The number of rotatable bonds is 7. The molecule has 4 rings (SSSR count). The fourth-order valence-electron chi connectivity index (χ4n) is 4.43. The van der Waals surface area contributed by atoms with Crippen LogP contribution in [0.4, 0.5) is 0 Å². The Morgan fingerprint density at radius 1 is 1.23 bits per heavy atom. The molecule has 0 unspecified atom stereocenters. The smallest absolute Gasteiger partial charge is 0.247 e. The van der Waals surface area contributed by atoms with E-state index in [0.717, 1.165) is 24.0 Å². The van der Waals surface area contributed by atoms with Gasteiger partial charge in [-0.1, -0.05) is 25.1 Å². The summed E-state index contributed by atoms with van der Waals surface area (Å²) in [5.41, 5.74) is 1.65. The number of likely N-dealkylation sites (N-methyl/N-ethyl adjacent to an activating group) is 1. The molecule has 8 nitrogen and oxygen atoms in total. The number of aliphatic hydroxyl groups is 1. The van der Waals surface area contributed by atoms with E-state index in [1.54, 1.807) is 44.2 Å². The third-order valence-electron chi connectivity index (χ3n) is 6.83. The van der Waals surface area contributed by atoms with Crippen LogP contribution in [0.5, 0.6) is 11.5 Å². The summed E-state index contributed by atoms with van der Waals surface area (Å²) in [7, 11) is -0.561. The number of sulfonamides is 1. The highest BCUT2D eigenvalue weighted by atomic mass is 32.2. The van der Waals surface area contributed by atoms with Crippen molar-refractivity contribution in [3.05, 3.63) is 42.5 Å². The van der Waals surface area contributed by atoms with Crippen molar-refractivity contribution in [1.29, 1.82) is 0 Å². The fourth-order valence-corrected chi connectivity index (χ4v) is 6.25. The number of hydrogen-bond donors (Lipinski definition) is 1. The molecule has 0 radical (unpaired) electrons. The van der Waals surface area contributed by atoms with E-state index in [2.05, 4.69) is 0 Å². The predicted octanol–water partition coefficient (Wildman–Crippen LogP) is 3.00. The standard InChI is InChI=1S/C26H34N2O6S/c1-17-14-28(18(2)16-29)35(31,32)25-11-10-21(20-6-5-7-22(12-20)33-4)13-23(25)34-24(17)15-27(3)26(30)19-8-9-19/h5-7,10-13,17-19,24,29H,8-9,14-16H2,1-4H3/t17-,18-,24-/m0/s1. The molecule has 1 aliphatic heterocycles. The molecule has 1 fully saturated rings. The summed E-state index contributed by atoms with van der Waals surface area (Å²) in [6, 6.07) is 12.0. The lowest BCUT2D eigenvalue weighted by Crippen LogP contribution is -2.50. The van der Waals surface area contributed by atoms with Crippen LogP contribution in [-0.4, -0.2) is 74.6 Å². The van der Waals surface area contributed by atoms with Gasteiger partial charge in [0.1, 0.15) is 22.5 Å². The van der Waals surface area contributed by atoms with Gasteiger partial charge >= 0.3 is 0 Å². The van der Waals surface area contributed by atoms with Crippen molar-refractivity contribution in [1.82, 2.24) is 9.21 Å². The first-order valence-corrected chi connectivity index (χ1v) is 13.4. The van der Waals surface area contributed by atoms with Crippen molar-refractivity contribution in [2.75, 3.05) is 33.9 Å². The van der Waals surface area contributed by atoms with Crippen LogP contribution in [0.15, 0.2) is 47.4 Å². The SMILES string of the molecule is COc1cccc(-c2ccc3c(c2)O[C@@H](CN(C)C(=O)C2CC2)[C@@H](C)CN([C@@H](C)CO)S3(=O)=O)c1. The highest BCUT2D eigenvalue weighted by molar-refractivity contribution is 7.89. The first-order valence-electron chi connectivity index (χ1n) is 12.0. The van der Waals surface area contributed by atoms with Gasteiger partial charge in [0.25, 0.3) is 0 Å². The summed E-state index contributed by atoms with van der Waals surface area (Å²) in [6.07, 6.45) is 1.40. The zero-order valence-corrected chi connectivity index (χ0v) is 21.5. The van der Waals surface area contributed by atoms with Crippen LogP contribution in [-0.2, 0) is 14.8 Å². The van der Waals surface area contributed by atoms with E-state index < -0.39 is 22.2 Å². The molecule has 1 N–H and O–H groups in total. The second kappa shape index (κ2) is 10.2. The average Bonchev–Trinajstić information content (AvgIpc) is 3.70. The maximum atomic E-state index is 13.7. The fraction of sp³-hybridized carbons (Fsp3) is 0.500. The number of methoxy groups -OCH3 is 1. The van der Waals surface area contributed by atoms with Gasteiger partial charge in [-0.15, -0.1) is 0 Å². The largest absolute Gasteiger partial charge is 0.497 e. The summed E-state index contributed by atoms with van der Waals surface area (Å²) >= 11 is 0. The third-order valence-corrected chi connectivity index (χ3v) is 8.85. The zero-order chi connectivity index (χ0) is 25.3. The number of ether oxygens (including phenoxy) is 2. The number of aliphatic hydroxyl groups excluding tert-OH is 1. The monoisotopic (exact) mass is 502 g/mol. The Bertz CT molecular complexity index is 1180. The molecule has 1 saturated carbocycles. The van der Waals surface area contributed by atoms with Gasteiger partial charge in [-0.3, -0.25) is 4.79 Å². The predicted molar refractivity (Wildman–Crippen MR) is 133 cm³/mol. The molecule has 1 aliphatic carbocycles. The van der Waals surface area contributed by atoms with Crippen molar-refractivity contribution in [3.8, 4) is 22.6 Å². The molecular weight excluding hydrogens is 468 g/mol. The number of benzene rings is 2. The van der Waals surface area contributed by atoms with Gasteiger partial charge in [0, 0.05) is 31.5 Å². The minimum Gasteiger partial charge on any atom is -0.497 e. The quantitative estimate of drug-likeness (QED) is 0.625. The summed E-state index contributed by atoms with van der Waals surface area (Å²) in [6.45, 7) is 3.84. The Hall–Kier alpha value is -2.62. The van der Waals surface area contributed by atoms with Gasteiger partial charge in [0.2, 0.25) is 15.9 Å². The molecule has 3 atom stereocenters. The summed E-state index contributed by atoms with van der Waals surface area (Å²) in [4.78, 5) is 14.4. The number of nitrogens with zero attached hydrogens (tertiary/aromatic N) is 2. The number of carbonyl (C=O) groups is 1. The van der Waals surface area contributed by atoms with E-state index >= 15 is 0 Å². The van der Waals surface area contributed by atoms with E-state index in [4.69, 9.17) is 9.47 Å². The Labute approximate surface area is 207 Å². The normalized spacial score (nSPS) is 22.8. The molecule has 190 valence electrons. The van der Waals surface area contributed by atoms with Gasteiger partial charge in [-0.25, -0.2) is 8.42 Å². The number of hydrogen-bond acceptors (Lipinski definition) is 6. The van der Waals surface area contributed by atoms with Crippen molar-refractivity contribution < 1.29 is 27.8 Å². The summed E-state index contributed by atoms with van der Waals surface area (Å²) < 4.78 is 40.4. The van der Waals surface area contributed by atoms with Crippen molar-refractivity contribution in [2.45, 2.75) is 43.7 Å². The van der Waals surface area contributed by atoms with Crippen LogP contribution in [0.2, 0.25) is 0 Å². The minimum atomic E-state index is -3.93. The lowest BCUT2D eigenvalue weighted by atomic mass is 10.0. The average molecular weight is 503 g/mol. The van der Waals surface area contributed by atoms with E-state index in [1.165, 1.54) is 4.31 Å². The Morgan fingerprint density at radius 2 is 1.94 bits per heavy atom. The van der Waals surface area contributed by atoms with Gasteiger partial charge in [-0.05, 0) is 55.2 Å². The molecule has 2 aliphatic rings. The third kappa shape index (κ3) is 5.32. The topological polar surface area (TPSA) is 96.4 Å². The van der Waals surface area contributed by atoms with Crippen LogP contribution in [0.3, 0.4) is 0 Å². The van der Waals surface area contributed by atoms with E-state index in [-0.39, 0.29) is 41.5 Å². The van der Waals surface area contributed by atoms with Gasteiger partial charge in [0.15, 0.2) is 0 Å². The number of amides is 1. The lowest BCUT2D eigenvalue weighted by molar-refractivity contribution is -0.132. The molecule has 0 bridgehead atoms. The Kier molecular flexibility index (Phi) is 7.40. The van der Waals surface area contributed by atoms with E-state index in [1.807, 2.05) is 31.2 Å². The Balaban J connectivity index is 1.77. The van der Waals surface area contributed by atoms with Crippen LogP contribution < -0.4 is 9.47 Å². The highest BCUT2D eigenvalue weighted by Gasteiger charge is 2.39. The molecule has 1 heterocycles. The van der Waals surface area contributed by atoms with Gasteiger partial charge < -0.3 is 19.5 Å². The summed E-state index contributed by atoms with van der Waals surface area (Å²) in [5, 5.41) is 9.81. The molecule has 9 heteroatoms. The van der Waals surface area contributed by atoms with Gasteiger partial charge in [0.05, 0.1) is 20.3 Å². The highest BCUT2D eigenvalue weighted by Crippen LogP contribution is 2.37. The molecule has 0 spiro atoms. The minimum absolute atomic E-state index is 0.0533. The number of carbonyl (C=O) groups excluding carboxylic acids is 1. The maximum Gasteiger partial charge on any atom is 0.247 e. The second-order valence-electron chi connectivity index (χ2n) is 9.63. The molecule has 35 heavy (non-hydrogen) atoms. The van der Waals surface area contributed by atoms with Crippen molar-refractivity contribution >= 4 is 15.9 Å². The molecule has 0 aromatic heterocycles. The van der Waals surface area contributed by atoms with Crippen molar-refractivity contribution in [3.63, 3.8) is 0 Å². The Morgan fingerprint density at radius 3 is 2.60 bits per heavy atom. The van der Waals surface area contributed by atoms with Crippen molar-refractivity contribution in [2.24, 2.45) is 11.8 Å². The number of fused-ring (bicyclic) bond motifs is 1. The van der Waals surface area contributed by atoms with Gasteiger partial charge in [-0.2, -0.15) is 4.31 Å². The van der Waals surface area contributed by atoms with Crippen LogP contribution in [0.25, 0.3) is 11.1 Å². The van der Waals surface area contributed by atoms with E-state index in [0.29, 0.717) is 12.3 Å². The van der Waals surface area contributed by atoms with Crippen LogP contribution >= 0.6 is 0 Å². The molecule has 2 aromatic carbocycles. The maximum absolute atomic E-state index is 13.7. The first kappa shape index (κ1) is 25.5. The molecule has 1 amide bonds. The van der Waals surface area contributed by atoms with Crippen LogP contribution in [0, 0.1) is 11.8 Å². The zero-order valence-electron chi connectivity index (χ0n) is 20.7. The molecule has 0 saturated heterocycles. The lowest BCUT2D eigenvalue weighted by Gasteiger charge is -2.37. The second-order valence-corrected chi connectivity index (χ2v) is 11.5. The molecule has 2 aromatic rings. The van der Waals surface area contributed by atoms with E-state index in [9.17, 15) is 18.3 Å². The van der Waals surface area contributed by atoms with Crippen LogP contribution in [0.1, 0.15) is 26.7 Å². The summed E-state index contributed by atoms with van der Waals surface area (Å²) in [5.74, 6) is 0.895. The first-order chi connectivity index (χ1) is 16.6.